The van der Waals surface area contributed by atoms with Gasteiger partial charge in [-0.05, 0) is 30.9 Å². The zero-order valence-corrected chi connectivity index (χ0v) is 15.4. The van der Waals surface area contributed by atoms with Gasteiger partial charge in [-0.1, -0.05) is 62.4 Å². The molecule has 2 aromatic rings. The van der Waals surface area contributed by atoms with Crippen molar-refractivity contribution in [1.82, 2.24) is 9.88 Å². The summed E-state index contributed by atoms with van der Waals surface area (Å²) in [4.78, 5) is 9.15. The summed E-state index contributed by atoms with van der Waals surface area (Å²) in [6.07, 6.45) is 10.9. The average Bonchev–Trinajstić information content (AvgIpc) is 3.03. The topological polar surface area (TPSA) is 16.1 Å². The zero-order chi connectivity index (χ0) is 16.2. The van der Waals surface area contributed by atoms with Gasteiger partial charge in [0, 0.05) is 24.4 Å². The van der Waals surface area contributed by atoms with Crippen LogP contribution in [-0.2, 0) is 19.4 Å². The second-order valence-corrected chi connectivity index (χ2v) is 8.63. The molecule has 0 spiro atoms. The van der Waals surface area contributed by atoms with Gasteiger partial charge in [0.1, 0.15) is 0 Å². The molecule has 2 aliphatic rings. The summed E-state index contributed by atoms with van der Waals surface area (Å²) in [5, 5.41) is 1.29. The van der Waals surface area contributed by atoms with Crippen LogP contribution in [0.3, 0.4) is 0 Å². The van der Waals surface area contributed by atoms with E-state index >= 15 is 0 Å². The largest absolute Gasteiger partial charge is 0.297 e. The SMILES string of the molecule is c1ccc(Cc2nc3c(s2)CCN(CCC2CCCCC2)C3)cc1. The van der Waals surface area contributed by atoms with E-state index in [9.17, 15) is 0 Å². The Kier molecular flexibility index (Phi) is 5.29. The molecule has 1 aliphatic carbocycles. The van der Waals surface area contributed by atoms with E-state index in [0.717, 1.165) is 18.9 Å². The van der Waals surface area contributed by atoms with Gasteiger partial charge in [0.15, 0.2) is 0 Å². The highest BCUT2D eigenvalue weighted by molar-refractivity contribution is 7.11. The average molecular weight is 341 g/mol. The molecule has 0 radical (unpaired) electrons. The first-order valence-electron chi connectivity index (χ1n) is 9.60. The van der Waals surface area contributed by atoms with Crippen LogP contribution in [0.1, 0.15) is 59.7 Å². The molecule has 0 unspecified atom stereocenters. The molecule has 0 amide bonds. The van der Waals surface area contributed by atoms with Gasteiger partial charge < -0.3 is 0 Å². The fourth-order valence-electron chi connectivity index (χ4n) is 4.18. The van der Waals surface area contributed by atoms with Crippen LogP contribution in [0.2, 0.25) is 0 Å². The van der Waals surface area contributed by atoms with Gasteiger partial charge in [-0.15, -0.1) is 11.3 Å². The van der Waals surface area contributed by atoms with Crippen molar-refractivity contribution in [2.45, 2.75) is 57.9 Å². The lowest BCUT2D eigenvalue weighted by molar-refractivity contribution is 0.216. The van der Waals surface area contributed by atoms with Crippen LogP contribution in [0.4, 0.5) is 0 Å². The number of benzene rings is 1. The van der Waals surface area contributed by atoms with Crippen LogP contribution in [0.25, 0.3) is 0 Å². The Labute approximate surface area is 149 Å². The van der Waals surface area contributed by atoms with Crippen molar-refractivity contribution in [3.05, 3.63) is 51.5 Å². The summed E-state index contributed by atoms with van der Waals surface area (Å²) in [7, 11) is 0. The number of hydrogen-bond donors (Lipinski definition) is 0. The van der Waals surface area contributed by atoms with Crippen LogP contribution in [0, 0.1) is 5.92 Å². The standard InChI is InChI=1S/C21H28N2S/c1-3-7-17(8-4-1)11-13-23-14-12-20-19(16-23)22-21(24-20)15-18-9-5-2-6-10-18/h2,5-6,9-10,17H,1,3-4,7-8,11-16H2. The van der Waals surface area contributed by atoms with Gasteiger partial charge in [0.05, 0.1) is 10.7 Å². The summed E-state index contributed by atoms with van der Waals surface area (Å²) >= 11 is 1.94. The third-order valence-corrected chi connectivity index (χ3v) is 6.78. The minimum Gasteiger partial charge on any atom is -0.297 e. The highest BCUT2D eigenvalue weighted by Crippen LogP contribution is 2.29. The molecule has 4 rings (SSSR count). The molecule has 128 valence electrons. The summed E-state index contributed by atoms with van der Waals surface area (Å²) in [6.45, 7) is 3.58. The zero-order valence-electron chi connectivity index (χ0n) is 14.5. The van der Waals surface area contributed by atoms with E-state index in [1.165, 1.54) is 79.2 Å². The van der Waals surface area contributed by atoms with E-state index in [1.807, 2.05) is 11.3 Å². The van der Waals surface area contributed by atoms with E-state index < -0.39 is 0 Å². The Morgan fingerprint density at radius 2 is 1.92 bits per heavy atom. The molecule has 24 heavy (non-hydrogen) atoms. The van der Waals surface area contributed by atoms with Gasteiger partial charge in [-0.2, -0.15) is 0 Å². The van der Waals surface area contributed by atoms with Crippen LogP contribution >= 0.6 is 11.3 Å². The molecule has 1 aromatic carbocycles. The van der Waals surface area contributed by atoms with E-state index in [0.29, 0.717) is 0 Å². The van der Waals surface area contributed by atoms with Gasteiger partial charge in [0.25, 0.3) is 0 Å². The maximum absolute atomic E-state index is 4.97. The van der Waals surface area contributed by atoms with Crippen molar-refractivity contribution in [3.63, 3.8) is 0 Å². The van der Waals surface area contributed by atoms with Crippen molar-refractivity contribution in [3.8, 4) is 0 Å². The molecule has 2 heterocycles. The molecule has 1 fully saturated rings. The molecule has 2 nitrogen and oxygen atoms in total. The van der Waals surface area contributed by atoms with Crippen molar-refractivity contribution >= 4 is 11.3 Å². The van der Waals surface area contributed by atoms with E-state index in [1.54, 1.807) is 0 Å². The minimum atomic E-state index is 0.987. The maximum atomic E-state index is 4.97. The monoisotopic (exact) mass is 340 g/mol. The number of nitrogens with zero attached hydrogens (tertiary/aromatic N) is 2. The number of hydrogen-bond acceptors (Lipinski definition) is 3. The maximum Gasteiger partial charge on any atom is 0.0975 e. The quantitative estimate of drug-likeness (QED) is 0.756. The number of thiazole rings is 1. The van der Waals surface area contributed by atoms with Gasteiger partial charge >= 0.3 is 0 Å². The van der Waals surface area contributed by atoms with Gasteiger partial charge in [-0.3, -0.25) is 4.90 Å². The molecule has 1 saturated carbocycles. The van der Waals surface area contributed by atoms with Crippen LogP contribution in [0.15, 0.2) is 30.3 Å². The van der Waals surface area contributed by atoms with Crippen molar-refractivity contribution < 1.29 is 0 Å². The first-order chi connectivity index (χ1) is 11.9. The Balaban J connectivity index is 1.33. The van der Waals surface area contributed by atoms with Crippen molar-refractivity contribution in [2.24, 2.45) is 5.92 Å². The smallest absolute Gasteiger partial charge is 0.0975 e. The molecular formula is C21H28N2S. The lowest BCUT2D eigenvalue weighted by Crippen LogP contribution is -2.32. The molecule has 0 atom stereocenters. The van der Waals surface area contributed by atoms with E-state index in [-0.39, 0.29) is 0 Å². The van der Waals surface area contributed by atoms with Crippen LogP contribution < -0.4 is 0 Å². The van der Waals surface area contributed by atoms with Crippen molar-refractivity contribution in [2.75, 3.05) is 13.1 Å². The highest BCUT2D eigenvalue weighted by atomic mass is 32.1. The number of aromatic nitrogens is 1. The number of rotatable bonds is 5. The molecule has 1 aliphatic heterocycles. The summed E-state index contributed by atoms with van der Waals surface area (Å²) < 4.78 is 0. The Morgan fingerprint density at radius 3 is 2.75 bits per heavy atom. The third-order valence-electron chi connectivity index (χ3n) is 5.63. The molecule has 0 saturated heterocycles. The lowest BCUT2D eigenvalue weighted by Gasteiger charge is -2.29. The van der Waals surface area contributed by atoms with Crippen LogP contribution in [0.5, 0.6) is 0 Å². The Bertz CT molecular complexity index is 643. The minimum absolute atomic E-state index is 0.987. The van der Waals surface area contributed by atoms with Gasteiger partial charge in [-0.25, -0.2) is 4.98 Å². The van der Waals surface area contributed by atoms with E-state index in [2.05, 4.69) is 35.2 Å². The second kappa shape index (κ2) is 7.79. The lowest BCUT2D eigenvalue weighted by atomic mass is 9.87. The van der Waals surface area contributed by atoms with Crippen LogP contribution in [-0.4, -0.2) is 23.0 Å². The Morgan fingerprint density at radius 1 is 1.08 bits per heavy atom. The van der Waals surface area contributed by atoms with E-state index in [4.69, 9.17) is 4.98 Å². The molecule has 1 aromatic heterocycles. The predicted octanol–water partition coefficient (Wildman–Crippen LogP) is 5.06. The molecule has 0 N–H and O–H groups in total. The normalized spacial score (nSPS) is 19.3. The summed E-state index contributed by atoms with van der Waals surface area (Å²) in [5.74, 6) is 0.990. The Hall–Kier alpha value is -1.19. The fraction of sp³-hybridized carbons (Fsp3) is 0.571. The first-order valence-corrected chi connectivity index (χ1v) is 10.4. The molecule has 0 bridgehead atoms. The second-order valence-electron chi connectivity index (χ2n) is 7.46. The molecule has 3 heteroatoms. The highest BCUT2D eigenvalue weighted by Gasteiger charge is 2.22. The number of fused-ring (bicyclic) bond motifs is 1. The predicted molar refractivity (Wildman–Crippen MR) is 102 cm³/mol. The third kappa shape index (κ3) is 4.07. The summed E-state index contributed by atoms with van der Waals surface area (Å²) in [5.41, 5.74) is 2.73. The molecular weight excluding hydrogens is 312 g/mol. The summed E-state index contributed by atoms with van der Waals surface area (Å²) in [6, 6.07) is 10.7. The fourth-order valence-corrected chi connectivity index (χ4v) is 5.28. The van der Waals surface area contributed by atoms with Crippen molar-refractivity contribution in [1.29, 1.82) is 0 Å². The first kappa shape index (κ1) is 16.3. The van der Waals surface area contributed by atoms with Gasteiger partial charge in [0.2, 0.25) is 0 Å².